The van der Waals surface area contributed by atoms with Gasteiger partial charge in [-0.1, -0.05) is 0 Å². The summed E-state index contributed by atoms with van der Waals surface area (Å²) >= 11 is 0. The van der Waals surface area contributed by atoms with Gasteiger partial charge >= 0.3 is 0 Å². The van der Waals surface area contributed by atoms with Crippen LogP contribution in [0, 0.1) is 0 Å². The number of nitrogens with one attached hydrogen (secondary N) is 2. The molecule has 1 aromatic carbocycles. The van der Waals surface area contributed by atoms with Crippen LogP contribution in [0.1, 0.15) is 26.2 Å². The van der Waals surface area contributed by atoms with Crippen molar-refractivity contribution in [3.8, 4) is 5.75 Å². The van der Waals surface area contributed by atoms with E-state index >= 15 is 0 Å². The van der Waals surface area contributed by atoms with Gasteiger partial charge in [-0.05, 0) is 44.0 Å². The first-order chi connectivity index (χ1) is 10.7. The third-order valence-corrected chi connectivity index (χ3v) is 3.32. The number of rotatable bonds is 7. The first-order valence-corrected chi connectivity index (χ1v) is 7.58. The molecule has 120 valence electrons. The second-order valence-electron chi connectivity index (χ2n) is 5.12. The molecule has 1 fully saturated rings. The Morgan fingerprint density at radius 1 is 1.27 bits per heavy atom. The van der Waals surface area contributed by atoms with Crippen LogP contribution in [0.5, 0.6) is 5.75 Å². The van der Waals surface area contributed by atoms with Crippen LogP contribution in [0.25, 0.3) is 0 Å². The fourth-order valence-electron chi connectivity index (χ4n) is 2.25. The lowest BCUT2D eigenvalue weighted by Gasteiger charge is -2.11. The number of ether oxygens (including phenoxy) is 2. The third kappa shape index (κ3) is 5.37. The molecule has 1 unspecified atom stereocenters. The summed E-state index contributed by atoms with van der Waals surface area (Å²) in [6.45, 7) is 3.72. The number of hydrogen-bond acceptors (Lipinski definition) is 4. The quantitative estimate of drug-likeness (QED) is 0.752. The molecular weight excluding hydrogens is 284 g/mol. The van der Waals surface area contributed by atoms with E-state index in [0.29, 0.717) is 18.8 Å². The fraction of sp³-hybridized carbons (Fsp3) is 0.500. The summed E-state index contributed by atoms with van der Waals surface area (Å²) in [5.74, 6) is 0.114. The zero-order valence-corrected chi connectivity index (χ0v) is 12.8. The molecule has 1 aliphatic rings. The van der Waals surface area contributed by atoms with Crippen molar-refractivity contribution < 1.29 is 19.1 Å². The van der Waals surface area contributed by atoms with E-state index in [1.54, 1.807) is 24.3 Å². The first-order valence-electron chi connectivity index (χ1n) is 7.58. The van der Waals surface area contributed by atoms with Crippen LogP contribution in [0.3, 0.4) is 0 Å². The van der Waals surface area contributed by atoms with Crippen molar-refractivity contribution in [2.45, 2.75) is 32.3 Å². The summed E-state index contributed by atoms with van der Waals surface area (Å²) in [5, 5.41) is 5.41. The van der Waals surface area contributed by atoms with Gasteiger partial charge in [0, 0.05) is 18.8 Å². The van der Waals surface area contributed by atoms with E-state index in [2.05, 4.69) is 10.6 Å². The molecule has 0 spiro atoms. The van der Waals surface area contributed by atoms with Crippen LogP contribution >= 0.6 is 0 Å². The smallest absolute Gasteiger partial charge is 0.233 e. The Balaban J connectivity index is 1.70. The van der Waals surface area contributed by atoms with Gasteiger partial charge in [0.2, 0.25) is 11.8 Å². The minimum absolute atomic E-state index is 0.0816. The van der Waals surface area contributed by atoms with Crippen molar-refractivity contribution in [2.75, 3.05) is 25.1 Å². The van der Waals surface area contributed by atoms with Crippen molar-refractivity contribution in [3.63, 3.8) is 0 Å². The highest BCUT2D eigenvalue weighted by molar-refractivity contribution is 6.03. The molecule has 0 radical (unpaired) electrons. The van der Waals surface area contributed by atoms with Crippen molar-refractivity contribution in [3.05, 3.63) is 24.3 Å². The Morgan fingerprint density at radius 3 is 2.68 bits per heavy atom. The van der Waals surface area contributed by atoms with Crippen LogP contribution in [0.4, 0.5) is 5.69 Å². The minimum atomic E-state index is -0.339. The Bertz CT molecular complexity index is 495. The molecule has 1 saturated heterocycles. The van der Waals surface area contributed by atoms with Crippen molar-refractivity contribution >= 4 is 17.5 Å². The predicted molar refractivity (Wildman–Crippen MR) is 82.8 cm³/mol. The van der Waals surface area contributed by atoms with E-state index in [1.165, 1.54) is 0 Å². The molecule has 2 rings (SSSR count). The molecule has 0 aromatic heterocycles. The second kappa shape index (κ2) is 8.38. The van der Waals surface area contributed by atoms with Gasteiger partial charge < -0.3 is 20.1 Å². The average Bonchev–Trinajstić information content (AvgIpc) is 3.01. The van der Waals surface area contributed by atoms with E-state index in [1.807, 2.05) is 6.92 Å². The van der Waals surface area contributed by atoms with Crippen molar-refractivity contribution in [2.24, 2.45) is 0 Å². The van der Waals surface area contributed by atoms with Crippen LogP contribution in [-0.2, 0) is 14.3 Å². The number of anilines is 1. The lowest BCUT2D eigenvalue weighted by Crippen LogP contribution is -2.34. The fourth-order valence-corrected chi connectivity index (χ4v) is 2.25. The van der Waals surface area contributed by atoms with Gasteiger partial charge in [-0.3, -0.25) is 9.59 Å². The van der Waals surface area contributed by atoms with E-state index in [4.69, 9.17) is 9.47 Å². The van der Waals surface area contributed by atoms with Crippen LogP contribution < -0.4 is 15.4 Å². The van der Waals surface area contributed by atoms with Crippen molar-refractivity contribution in [1.29, 1.82) is 0 Å². The summed E-state index contributed by atoms with van der Waals surface area (Å²) in [6, 6.07) is 7.04. The van der Waals surface area contributed by atoms with E-state index in [0.717, 1.165) is 25.2 Å². The number of carbonyl (C=O) groups excluding carboxylic acids is 2. The zero-order valence-electron chi connectivity index (χ0n) is 12.8. The zero-order chi connectivity index (χ0) is 15.8. The Kier molecular flexibility index (Phi) is 6.21. The molecule has 6 nitrogen and oxygen atoms in total. The van der Waals surface area contributed by atoms with Gasteiger partial charge in [0.1, 0.15) is 12.2 Å². The SMILES string of the molecule is CCOc1ccc(NC(=O)CC(=O)NCC2CCCO2)cc1. The van der Waals surface area contributed by atoms with E-state index in [-0.39, 0.29) is 24.3 Å². The summed E-state index contributed by atoms with van der Waals surface area (Å²) in [5.41, 5.74) is 0.639. The van der Waals surface area contributed by atoms with Gasteiger partial charge in [0.05, 0.1) is 12.7 Å². The van der Waals surface area contributed by atoms with Crippen LogP contribution in [0.15, 0.2) is 24.3 Å². The van der Waals surface area contributed by atoms with E-state index in [9.17, 15) is 9.59 Å². The Hall–Kier alpha value is -2.08. The molecule has 0 aliphatic carbocycles. The molecule has 1 heterocycles. The van der Waals surface area contributed by atoms with Crippen molar-refractivity contribution in [1.82, 2.24) is 5.32 Å². The lowest BCUT2D eigenvalue weighted by molar-refractivity contribution is -0.127. The maximum Gasteiger partial charge on any atom is 0.233 e. The molecule has 2 amide bonds. The molecule has 1 aromatic rings. The maximum atomic E-state index is 11.8. The van der Waals surface area contributed by atoms with Gasteiger partial charge in [-0.15, -0.1) is 0 Å². The molecular formula is C16H22N2O4. The summed E-state index contributed by atoms with van der Waals surface area (Å²) in [6.07, 6.45) is 1.87. The van der Waals surface area contributed by atoms with Gasteiger partial charge in [0.15, 0.2) is 0 Å². The summed E-state index contributed by atoms with van der Waals surface area (Å²) in [7, 11) is 0. The first kappa shape index (κ1) is 16.3. The minimum Gasteiger partial charge on any atom is -0.494 e. The number of amides is 2. The molecule has 0 saturated carbocycles. The highest BCUT2D eigenvalue weighted by atomic mass is 16.5. The normalized spacial score (nSPS) is 17.0. The predicted octanol–water partition coefficient (Wildman–Crippen LogP) is 1.71. The van der Waals surface area contributed by atoms with Gasteiger partial charge in [-0.2, -0.15) is 0 Å². The third-order valence-electron chi connectivity index (χ3n) is 3.32. The number of benzene rings is 1. The molecule has 2 N–H and O–H groups in total. The molecule has 1 aliphatic heterocycles. The monoisotopic (exact) mass is 306 g/mol. The highest BCUT2D eigenvalue weighted by Gasteiger charge is 2.17. The molecule has 22 heavy (non-hydrogen) atoms. The molecule has 1 atom stereocenters. The highest BCUT2D eigenvalue weighted by Crippen LogP contribution is 2.15. The molecule has 0 bridgehead atoms. The Labute approximate surface area is 130 Å². The largest absolute Gasteiger partial charge is 0.494 e. The Morgan fingerprint density at radius 2 is 2.05 bits per heavy atom. The second-order valence-corrected chi connectivity index (χ2v) is 5.12. The topological polar surface area (TPSA) is 76.7 Å². The lowest BCUT2D eigenvalue weighted by atomic mass is 10.2. The van der Waals surface area contributed by atoms with Gasteiger partial charge in [-0.25, -0.2) is 0 Å². The number of carbonyl (C=O) groups is 2. The van der Waals surface area contributed by atoms with E-state index < -0.39 is 0 Å². The number of hydrogen-bond donors (Lipinski definition) is 2. The maximum absolute atomic E-state index is 11.8. The van der Waals surface area contributed by atoms with Gasteiger partial charge in [0.25, 0.3) is 0 Å². The average molecular weight is 306 g/mol. The van der Waals surface area contributed by atoms with Crippen LogP contribution in [-0.4, -0.2) is 37.7 Å². The van der Waals surface area contributed by atoms with Crippen LogP contribution in [0.2, 0.25) is 0 Å². The summed E-state index contributed by atoms with van der Waals surface area (Å²) in [4.78, 5) is 23.5. The standard InChI is InChI=1S/C16H22N2O4/c1-2-21-13-7-5-12(6-8-13)18-16(20)10-15(19)17-11-14-4-3-9-22-14/h5-8,14H,2-4,9-11H2,1H3,(H,17,19)(H,18,20). The summed E-state index contributed by atoms with van der Waals surface area (Å²) < 4.78 is 10.7. The molecule has 6 heteroatoms.